The molecule has 1 N–H and O–H groups in total. The van der Waals surface area contributed by atoms with Crippen LogP contribution in [0.25, 0.3) is 0 Å². The molecule has 0 bridgehead atoms. The number of nitrogens with zero attached hydrogens (tertiary/aromatic N) is 2. The fourth-order valence-corrected chi connectivity index (χ4v) is 1.95. The lowest BCUT2D eigenvalue weighted by Crippen LogP contribution is -2.13. The number of aliphatic hydroxyl groups is 1. The van der Waals surface area contributed by atoms with Gasteiger partial charge in [0.1, 0.15) is 11.5 Å². The topological polar surface area (TPSA) is 66.6 Å². The van der Waals surface area contributed by atoms with Gasteiger partial charge in [0.2, 0.25) is 0 Å². The lowest BCUT2D eigenvalue weighted by atomic mass is 10.1. The summed E-state index contributed by atoms with van der Waals surface area (Å²) < 4.78 is 13.8. The van der Waals surface area contributed by atoms with Crippen LogP contribution in [0, 0.1) is 15.9 Å². The molecule has 0 fully saturated rings. The molecule has 0 aliphatic rings. The highest BCUT2D eigenvalue weighted by atomic mass is 19.1. The zero-order valence-electron chi connectivity index (χ0n) is 10.8. The van der Waals surface area contributed by atoms with Crippen LogP contribution >= 0.6 is 0 Å². The molecule has 0 aliphatic carbocycles. The van der Waals surface area contributed by atoms with Gasteiger partial charge in [-0.3, -0.25) is 10.1 Å². The number of rotatable bonds is 4. The summed E-state index contributed by atoms with van der Waals surface area (Å²) in [4.78, 5) is 12.0. The van der Waals surface area contributed by atoms with Crippen molar-refractivity contribution in [2.75, 3.05) is 11.9 Å². The number of hydrogen-bond donors (Lipinski definition) is 1. The van der Waals surface area contributed by atoms with E-state index >= 15 is 0 Å². The Labute approximate surface area is 115 Å². The number of halogens is 1. The standard InChI is InChI=1S/C14H13FN2O3/c1-16(12-5-3-2-4-11(12)15)13-7-6-10(9-18)8-14(13)17(19)20/h2-8,18H,9H2,1H3. The first-order valence-corrected chi connectivity index (χ1v) is 5.91. The SMILES string of the molecule is CN(c1ccccc1F)c1ccc(CO)cc1[N+](=O)[O-]. The summed E-state index contributed by atoms with van der Waals surface area (Å²) in [7, 11) is 1.55. The van der Waals surface area contributed by atoms with E-state index in [-0.39, 0.29) is 23.7 Å². The lowest BCUT2D eigenvalue weighted by molar-refractivity contribution is -0.384. The van der Waals surface area contributed by atoms with Crippen LogP contribution in [0.15, 0.2) is 42.5 Å². The van der Waals surface area contributed by atoms with Crippen molar-refractivity contribution in [3.8, 4) is 0 Å². The van der Waals surface area contributed by atoms with Gasteiger partial charge in [-0.2, -0.15) is 0 Å². The van der Waals surface area contributed by atoms with E-state index < -0.39 is 10.7 Å². The quantitative estimate of drug-likeness (QED) is 0.688. The van der Waals surface area contributed by atoms with Gasteiger partial charge in [-0.05, 0) is 23.8 Å². The second-order valence-corrected chi connectivity index (χ2v) is 4.25. The molecule has 0 aliphatic heterocycles. The molecule has 2 aromatic rings. The Kier molecular flexibility index (Phi) is 3.95. The molecular weight excluding hydrogens is 263 g/mol. The molecule has 0 spiro atoms. The summed E-state index contributed by atoms with van der Waals surface area (Å²) in [6.45, 7) is -0.287. The highest BCUT2D eigenvalue weighted by Crippen LogP contribution is 2.34. The van der Waals surface area contributed by atoms with Gasteiger partial charge in [-0.15, -0.1) is 0 Å². The van der Waals surface area contributed by atoms with Crippen LogP contribution in [0.4, 0.5) is 21.5 Å². The predicted molar refractivity (Wildman–Crippen MR) is 73.5 cm³/mol. The maximum absolute atomic E-state index is 13.8. The van der Waals surface area contributed by atoms with Gasteiger partial charge in [-0.1, -0.05) is 18.2 Å². The third-order valence-electron chi connectivity index (χ3n) is 2.99. The Morgan fingerprint density at radius 1 is 1.25 bits per heavy atom. The summed E-state index contributed by atoms with van der Waals surface area (Å²) in [5.74, 6) is -0.462. The maximum atomic E-state index is 13.8. The number of benzene rings is 2. The Morgan fingerprint density at radius 3 is 2.55 bits per heavy atom. The molecule has 0 heterocycles. The molecule has 6 heteroatoms. The van der Waals surface area contributed by atoms with Crippen molar-refractivity contribution >= 4 is 17.1 Å². The van der Waals surface area contributed by atoms with E-state index in [9.17, 15) is 14.5 Å². The first-order valence-electron chi connectivity index (χ1n) is 5.91. The molecule has 2 aromatic carbocycles. The number of anilines is 2. The molecule has 104 valence electrons. The number of para-hydroxylation sites is 1. The van der Waals surface area contributed by atoms with Crippen LogP contribution in [-0.4, -0.2) is 17.1 Å². The minimum absolute atomic E-state index is 0.178. The number of aliphatic hydroxyl groups excluding tert-OH is 1. The molecule has 0 saturated carbocycles. The zero-order chi connectivity index (χ0) is 14.7. The number of hydrogen-bond acceptors (Lipinski definition) is 4. The average molecular weight is 276 g/mol. The molecular formula is C14H13FN2O3. The molecule has 0 atom stereocenters. The van der Waals surface area contributed by atoms with Crippen LogP contribution in [0.1, 0.15) is 5.56 Å². The van der Waals surface area contributed by atoms with Gasteiger partial charge in [-0.25, -0.2) is 4.39 Å². The van der Waals surface area contributed by atoms with E-state index in [4.69, 9.17) is 5.11 Å². The normalized spacial score (nSPS) is 10.3. The molecule has 2 rings (SSSR count). The summed E-state index contributed by atoms with van der Waals surface area (Å²) in [6.07, 6.45) is 0. The summed E-state index contributed by atoms with van der Waals surface area (Å²) in [6, 6.07) is 10.4. The van der Waals surface area contributed by atoms with Crippen molar-refractivity contribution in [3.05, 3.63) is 64.0 Å². The second-order valence-electron chi connectivity index (χ2n) is 4.25. The highest BCUT2D eigenvalue weighted by molar-refractivity contribution is 5.72. The van der Waals surface area contributed by atoms with E-state index in [0.29, 0.717) is 5.56 Å². The first kappa shape index (κ1) is 14.0. The van der Waals surface area contributed by atoms with Gasteiger partial charge in [0.25, 0.3) is 5.69 Å². The summed E-state index contributed by atoms with van der Waals surface area (Å²) >= 11 is 0. The molecule has 20 heavy (non-hydrogen) atoms. The monoisotopic (exact) mass is 276 g/mol. The van der Waals surface area contributed by atoms with E-state index in [2.05, 4.69) is 0 Å². The third kappa shape index (κ3) is 2.60. The van der Waals surface area contributed by atoms with Gasteiger partial charge < -0.3 is 10.0 Å². The van der Waals surface area contributed by atoms with Crippen LogP contribution < -0.4 is 4.90 Å². The fraction of sp³-hybridized carbons (Fsp3) is 0.143. The van der Waals surface area contributed by atoms with Gasteiger partial charge in [0, 0.05) is 13.1 Å². The Bertz CT molecular complexity index is 646. The van der Waals surface area contributed by atoms with Crippen molar-refractivity contribution in [2.45, 2.75) is 6.61 Å². The molecule has 0 radical (unpaired) electrons. The molecule has 0 unspecified atom stereocenters. The Morgan fingerprint density at radius 2 is 1.95 bits per heavy atom. The third-order valence-corrected chi connectivity index (χ3v) is 2.99. The number of nitro groups is 1. The molecule has 0 amide bonds. The average Bonchev–Trinajstić information content (AvgIpc) is 2.46. The Balaban J connectivity index is 2.52. The predicted octanol–water partition coefficient (Wildman–Crippen LogP) is 2.99. The first-order chi connectivity index (χ1) is 9.54. The largest absolute Gasteiger partial charge is 0.392 e. The van der Waals surface area contributed by atoms with Crippen LogP contribution in [0.5, 0.6) is 0 Å². The Hall–Kier alpha value is -2.47. The second kappa shape index (κ2) is 5.66. The zero-order valence-corrected chi connectivity index (χ0v) is 10.8. The van der Waals surface area contributed by atoms with Crippen molar-refractivity contribution in [3.63, 3.8) is 0 Å². The fourth-order valence-electron chi connectivity index (χ4n) is 1.95. The maximum Gasteiger partial charge on any atom is 0.293 e. The van der Waals surface area contributed by atoms with Crippen LogP contribution in [-0.2, 0) is 6.61 Å². The minimum atomic E-state index is -0.550. The lowest BCUT2D eigenvalue weighted by Gasteiger charge is -2.20. The van der Waals surface area contributed by atoms with Crippen molar-refractivity contribution in [1.29, 1.82) is 0 Å². The summed E-state index contributed by atoms with van der Waals surface area (Å²) in [5, 5.41) is 20.2. The molecule has 0 saturated heterocycles. The molecule has 5 nitrogen and oxygen atoms in total. The minimum Gasteiger partial charge on any atom is -0.392 e. The van der Waals surface area contributed by atoms with Crippen molar-refractivity contribution < 1.29 is 14.4 Å². The summed E-state index contributed by atoms with van der Waals surface area (Å²) in [5.41, 5.74) is 0.759. The van der Waals surface area contributed by atoms with Crippen molar-refractivity contribution in [2.24, 2.45) is 0 Å². The van der Waals surface area contributed by atoms with E-state index in [1.807, 2.05) is 0 Å². The smallest absolute Gasteiger partial charge is 0.293 e. The van der Waals surface area contributed by atoms with Gasteiger partial charge in [0.15, 0.2) is 0 Å². The highest BCUT2D eigenvalue weighted by Gasteiger charge is 2.20. The van der Waals surface area contributed by atoms with E-state index in [1.165, 1.54) is 23.1 Å². The molecule has 0 aromatic heterocycles. The van der Waals surface area contributed by atoms with Crippen molar-refractivity contribution in [1.82, 2.24) is 0 Å². The van der Waals surface area contributed by atoms with Gasteiger partial charge in [0.05, 0.1) is 17.2 Å². The van der Waals surface area contributed by atoms with E-state index in [0.717, 1.165) is 0 Å². The van der Waals surface area contributed by atoms with Gasteiger partial charge >= 0.3 is 0 Å². The van der Waals surface area contributed by atoms with Crippen LogP contribution in [0.2, 0.25) is 0 Å². The van der Waals surface area contributed by atoms with E-state index in [1.54, 1.807) is 31.3 Å². The van der Waals surface area contributed by atoms with Crippen LogP contribution in [0.3, 0.4) is 0 Å². The number of nitro benzene ring substituents is 1.